The number of halogens is 3. The second-order valence-corrected chi connectivity index (χ2v) is 8.12. The van der Waals surface area contributed by atoms with Gasteiger partial charge in [-0.15, -0.1) is 0 Å². The molecule has 9 heteroatoms. The van der Waals surface area contributed by atoms with Gasteiger partial charge in [-0.3, -0.25) is 4.79 Å². The minimum atomic E-state index is -4.03. The van der Waals surface area contributed by atoms with Crippen molar-refractivity contribution < 1.29 is 22.3 Å². The largest absolute Gasteiger partial charge is 0.469 e. The summed E-state index contributed by atoms with van der Waals surface area (Å²) in [4.78, 5) is 11.4. The normalized spacial score (nSPS) is 12.6. The molecule has 0 aliphatic carbocycles. The zero-order chi connectivity index (χ0) is 18.6. The summed E-state index contributed by atoms with van der Waals surface area (Å²) in [6.45, 7) is 0. The summed E-state index contributed by atoms with van der Waals surface area (Å²) in [6, 6.07) is 9.03. The summed E-state index contributed by atoms with van der Waals surface area (Å²) in [5.41, 5.74) is 0.574. The average Bonchev–Trinajstić information content (AvgIpc) is 2.57. The first-order valence-corrected chi connectivity index (χ1v) is 9.68. The highest BCUT2D eigenvalue weighted by Crippen LogP contribution is 2.24. The van der Waals surface area contributed by atoms with Crippen LogP contribution in [0.15, 0.2) is 51.8 Å². The highest BCUT2D eigenvalue weighted by Gasteiger charge is 2.24. The zero-order valence-corrected chi connectivity index (χ0v) is 16.2. The average molecular weight is 451 g/mol. The van der Waals surface area contributed by atoms with E-state index in [0.29, 0.717) is 5.56 Å². The third-order valence-corrected chi connectivity index (χ3v) is 5.66. The van der Waals surface area contributed by atoms with Crippen molar-refractivity contribution in [2.45, 2.75) is 17.4 Å². The zero-order valence-electron chi connectivity index (χ0n) is 13.0. The van der Waals surface area contributed by atoms with Crippen molar-refractivity contribution in [2.24, 2.45) is 0 Å². The van der Waals surface area contributed by atoms with Gasteiger partial charge in [-0.25, -0.2) is 17.5 Å². The van der Waals surface area contributed by atoms with Crippen molar-refractivity contribution in [1.29, 1.82) is 0 Å². The lowest BCUT2D eigenvalue weighted by atomic mass is 10.1. The maximum atomic E-state index is 13.3. The van der Waals surface area contributed by atoms with Gasteiger partial charge >= 0.3 is 5.97 Å². The summed E-state index contributed by atoms with van der Waals surface area (Å²) >= 11 is 8.94. The van der Waals surface area contributed by atoms with Gasteiger partial charge in [-0.05, 0) is 35.9 Å². The van der Waals surface area contributed by atoms with Gasteiger partial charge in [0.1, 0.15) is 5.82 Å². The molecule has 5 nitrogen and oxygen atoms in total. The number of nitrogens with one attached hydrogen (secondary N) is 1. The molecule has 0 saturated carbocycles. The van der Waals surface area contributed by atoms with Crippen molar-refractivity contribution in [2.75, 3.05) is 7.11 Å². The van der Waals surface area contributed by atoms with E-state index in [4.69, 9.17) is 11.6 Å². The number of benzene rings is 2. The van der Waals surface area contributed by atoms with Crippen LogP contribution < -0.4 is 4.72 Å². The van der Waals surface area contributed by atoms with Gasteiger partial charge in [0, 0.05) is 4.47 Å². The van der Waals surface area contributed by atoms with E-state index in [1.807, 2.05) is 0 Å². The Balaban J connectivity index is 2.35. The van der Waals surface area contributed by atoms with Crippen molar-refractivity contribution in [3.05, 3.63) is 63.3 Å². The van der Waals surface area contributed by atoms with E-state index in [9.17, 15) is 17.6 Å². The predicted molar refractivity (Wildman–Crippen MR) is 95.2 cm³/mol. The van der Waals surface area contributed by atoms with Crippen LogP contribution in [0.2, 0.25) is 5.02 Å². The Kier molecular flexibility index (Phi) is 6.56. The fourth-order valence-corrected chi connectivity index (χ4v) is 3.83. The van der Waals surface area contributed by atoms with Gasteiger partial charge in [0.05, 0.1) is 29.5 Å². The molecular weight excluding hydrogens is 437 g/mol. The van der Waals surface area contributed by atoms with Gasteiger partial charge in [-0.1, -0.05) is 39.7 Å². The Bertz CT molecular complexity index is 874. The Morgan fingerprint density at radius 3 is 2.48 bits per heavy atom. The number of methoxy groups -OCH3 is 1. The molecule has 2 aromatic rings. The molecule has 25 heavy (non-hydrogen) atoms. The number of ether oxygens (including phenoxy) is 1. The number of hydrogen-bond donors (Lipinski definition) is 1. The van der Waals surface area contributed by atoms with E-state index in [0.717, 1.165) is 22.7 Å². The summed E-state index contributed by atoms with van der Waals surface area (Å²) < 4.78 is 46.2. The van der Waals surface area contributed by atoms with E-state index in [2.05, 4.69) is 25.4 Å². The van der Waals surface area contributed by atoms with Crippen LogP contribution in [0, 0.1) is 5.82 Å². The lowest BCUT2D eigenvalue weighted by Gasteiger charge is -2.18. The minimum Gasteiger partial charge on any atom is -0.469 e. The number of carbonyl (C=O) groups excluding carboxylic acids is 1. The third-order valence-electron chi connectivity index (χ3n) is 3.37. The molecule has 0 heterocycles. The summed E-state index contributed by atoms with van der Waals surface area (Å²) in [5, 5.41) is -0.309. The SMILES string of the molecule is COC(=O)CC(NS(=O)(=O)c1ccc(F)c(Cl)c1)c1ccc(Br)cc1. The van der Waals surface area contributed by atoms with Crippen molar-refractivity contribution in [1.82, 2.24) is 4.72 Å². The first kappa shape index (κ1) is 19.8. The molecule has 0 aromatic heterocycles. The second kappa shape index (κ2) is 8.27. The monoisotopic (exact) mass is 449 g/mol. The van der Waals surface area contributed by atoms with Gasteiger partial charge in [0.25, 0.3) is 0 Å². The highest BCUT2D eigenvalue weighted by atomic mass is 79.9. The van der Waals surface area contributed by atoms with E-state index < -0.39 is 27.9 Å². The lowest BCUT2D eigenvalue weighted by molar-refractivity contribution is -0.141. The molecule has 0 spiro atoms. The molecule has 2 rings (SSSR count). The number of carbonyl (C=O) groups is 1. The molecule has 0 saturated heterocycles. The highest BCUT2D eigenvalue weighted by molar-refractivity contribution is 9.10. The van der Waals surface area contributed by atoms with Crippen LogP contribution in [0.5, 0.6) is 0 Å². The van der Waals surface area contributed by atoms with Crippen LogP contribution in [0.25, 0.3) is 0 Å². The van der Waals surface area contributed by atoms with Crippen molar-refractivity contribution >= 4 is 43.5 Å². The predicted octanol–water partition coefficient (Wildman–Crippen LogP) is 3.82. The lowest BCUT2D eigenvalue weighted by Crippen LogP contribution is -2.30. The van der Waals surface area contributed by atoms with E-state index in [1.165, 1.54) is 7.11 Å². The van der Waals surface area contributed by atoms with Gasteiger partial charge in [0.2, 0.25) is 10.0 Å². The fraction of sp³-hybridized carbons (Fsp3) is 0.188. The number of hydrogen-bond acceptors (Lipinski definition) is 4. The summed E-state index contributed by atoms with van der Waals surface area (Å²) in [7, 11) is -2.81. The smallest absolute Gasteiger partial charge is 0.307 e. The van der Waals surface area contributed by atoms with Crippen LogP contribution in [0.3, 0.4) is 0 Å². The summed E-state index contributed by atoms with van der Waals surface area (Å²) in [5.74, 6) is -1.30. The quantitative estimate of drug-likeness (QED) is 0.679. The number of esters is 1. The topological polar surface area (TPSA) is 72.5 Å². The van der Waals surface area contributed by atoms with Crippen LogP contribution in [-0.2, 0) is 19.6 Å². The maximum absolute atomic E-state index is 13.3. The minimum absolute atomic E-state index is 0.202. The maximum Gasteiger partial charge on any atom is 0.307 e. The van der Waals surface area contributed by atoms with E-state index >= 15 is 0 Å². The molecule has 0 aliphatic heterocycles. The van der Waals surface area contributed by atoms with Crippen LogP contribution >= 0.6 is 27.5 Å². The van der Waals surface area contributed by atoms with Crippen LogP contribution in [0.1, 0.15) is 18.0 Å². The molecule has 134 valence electrons. The fourth-order valence-electron chi connectivity index (χ4n) is 2.07. The first-order valence-electron chi connectivity index (χ1n) is 7.02. The number of sulfonamides is 1. The van der Waals surface area contributed by atoms with E-state index in [-0.39, 0.29) is 16.3 Å². The van der Waals surface area contributed by atoms with Gasteiger partial charge < -0.3 is 4.74 Å². The van der Waals surface area contributed by atoms with Gasteiger partial charge in [-0.2, -0.15) is 0 Å². The molecule has 0 amide bonds. The Hall–Kier alpha value is -1.48. The third kappa shape index (κ3) is 5.24. The Morgan fingerprint density at radius 1 is 1.28 bits per heavy atom. The van der Waals surface area contributed by atoms with Crippen molar-refractivity contribution in [3.8, 4) is 0 Å². The van der Waals surface area contributed by atoms with Crippen molar-refractivity contribution in [3.63, 3.8) is 0 Å². The molecule has 1 N–H and O–H groups in total. The molecule has 2 aromatic carbocycles. The van der Waals surface area contributed by atoms with Crippen LogP contribution in [0.4, 0.5) is 4.39 Å². The molecule has 0 radical (unpaired) electrons. The van der Waals surface area contributed by atoms with Crippen LogP contribution in [-0.4, -0.2) is 21.5 Å². The molecule has 0 bridgehead atoms. The standard InChI is InChI=1S/C16H14BrClFNO4S/c1-24-16(21)9-15(10-2-4-11(17)5-3-10)20-25(22,23)12-6-7-14(19)13(18)8-12/h2-8,15,20H,9H2,1H3. The number of rotatable bonds is 6. The first-order chi connectivity index (χ1) is 11.7. The Labute approximate surface area is 158 Å². The molecular formula is C16H14BrClFNO4S. The molecule has 1 unspecified atom stereocenters. The Morgan fingerprint density at radius 2 is 1.92 bits per heavy atom. The second-order valence-electron chi connectivity index (χ2n) is 5.08. The molecule has 0 fully saturated rings. The summed E-state index contributed by atoms with van der Waals surface area (Å²) in [6.07, 6.45) is -0.202. The van der Waals surface area contributed by atoms with Gasteiger partial charge in [0.15, 0.2) is 0 Å². The molecule has 1 atom stereocenters. The molecule has 0 aliphatic rings. The van der Waals surface area contributed by atoms with E-state index in [1.54, 1.807) is 24.3 Å².